The average Bonchev–Trinajstić information content (AvgIpc) is 3.27. The van der Waals surface area contributed by atoms with Gasteiger partial charge in [-0.25, -0.2) is 0 Å². The number of carboxylic acid groups (broad SMARTS) is 1. The Morgan fingerprint density at radius 3 is 2.21 bits per heavy atom. The molecule has 3 fully saturated rings. The molecule has 1 spiro atoms. The minimum Gasteiger partial charge on any atom is -0.481 e. The van der Waals surface area contributed by atoms with Gasteiger partial charge < -0.3 is 10.0 Å². The van der Waals surface area contributed by atoms with Crippen LogP contribution in [0.2, 0.25) is 10.0 Å². The fourth-order valence-corrected chi connectivity index (χ4v) is 7.02. The van der Waals surface area contributed by atoms with Crippen molar-refractivity contribution in [1.29, 1.82) is 0 Å². The highest BCUT2D eigenvalue weighted by molar-refractivity contribution is 6.40. The Bertz CT molecular complexity index is 1270. The molecule has 0 atom stereocenters. The zero-order valence-corrected chi connectivity index (χ0v) is 22.5. The van der Waals surface area contributed by atoms with E-state index in [0.29, 0.717) is 12.8 Å². The first kappa shape index (κ1) is 28.0. The summed E-state index contributed by atoms with van der Waals surface area (Å²) in [6, 6.07) is 3.48. The van der Waals surface area contributed by atoms with Crippen molar-refractivity contribution < 1.29 is 32.7 Å². The molecule has 0 saturated heterocycles. The number of carboxylic acids is 1. The number of rotatable bonds is 7. The smallest absolute Gasteiger partial charge is 0.433 e. The molecule has 3 aliphatic rings. The Morgan fingerprint density at radius 2 is 1.69 bits per heavy atom. The van der Waals surface area contributed by atoms with E-state index in [9.17, 15) is 32.7 Å². The summed E-state index contributed by atoms with van der Waals surface area (Å²) in [4.78, 5) is 39.6. The summed E-state index contributed by atoms with van der Waals surface area (Å²) in [6.07, 6.45) is 1.21. The van der Waals surface area contributed by atoms with Crippen molar-refractivity contribution in [2.24, 2.45) is 11.3 Å². The third-order valence-electron chi connectivity index (χ3n) is 8.69. The normalized spacial score (nSPS) is 22.7. The van der Waals surface area contributed by atoms with E-state index in [2.05, 4.69) is 5.10 Å². The van der Waals surface area contributed by atoms with Gasteiger partial charge in [0.05, 0.1) is 45.9 Å². The van der Waals surface area contributed by atoms with Crippen molar-refractivity contribution in [3.05, 3.63) is 51.3 Å². The summed E-state index contributed by atoms with van der Waals surface area (Å²) in [5, 5.41) is 13.4. The SMILES string of the molecule is O=C(CN(C(=O)c1cnn([C@H]2CC[C@@H](C(=O)O)CC2)c1C(F)(F)F)C1CC2(CCC2)C1)c1c(Cl)cccc1Cl. The van der Waals surface area contributed by atoms with E-state index < -0.39 is 59.6 Å². The summed E-state index contributed by atoms with van der Waals surface area (Å²) in [5.41, 5.74) is -1.67. The zero-order valence-electron chi connectivity index (χ0n) is 21.0. The predicted molar refractivity (Wildman–Crippen MR) is 137 cm³/mol. The van der Waals surface area contributed by atoms with Gasteiger partial charge in [-0.3, -0.25) is 19.1 Å². The number of carbonyl (C=O) groups excluding carboxylic acids is 2. The van der Waals surface area contributed by atoms with Gasteiger partial charge in [-0.1, -0.05) is 35.7 Å². The fraction of sp³-hybridized carbons (Fsp3) is 0.556. The molecular weight excluding hydrogens is 558 g/mol. The highest BCUT2D eigenvalue weighted by Crippen LogP contribution is 2.57. The molecule has 3 aliphatic carbocycles. The van der Waals surface area contributed by atoms with E-state index in [-0.39, 0.29) is 46.7 Å². The summed E-state index contributed by atoms with van der Waals surface area (Å²) >= 11 is 12.4. The van der Waals surface area contributed by atoms with Gasteiger partial charge in [0.1, 0.15) is 0 Å². The van der Waals surface area contributed by atoms with Gasteiger partial charge in [-0.15, -0.1) is 0 Å². The highest BCUT2D eigenvalue weighted by atomic mass is 35.5. The Hall–Kier alpha value is -2.59. The average molecular weight is 586 g/mol. The van der Waals surface area contributed by atoms with Crippen LogP contribution in [-0.4, -0.2) is 50.0 Å². The molecular formula is C27H28Cl2F3N3O4. The molecule has 1 amide bonds. The van der Waals surface area contributed by atoms with Crippen LogP contribution >= 0.6 is 23.2 Å². The van der Waals surface area contributed by atoms with Gasteiger partial charge in [0, 0.05) is 6.04 Å². The van der Waals surface area contributed by atoms with Gasteiger partial charge in [0.2, 0.25) is 0 Å². The molecule has 7 nitrogen and oxygen atoms in total. The number of amides is 1. The molecule has 1 heterocycles. The van der Waals surface area contributed by atoms with Crippen LogP contribution in [0.3, 0.4) is 0 Å². The maximum absolute atomic E-state index is 14.4. The third-order valence-corrected chi connectivity index (χ3v) is 9.32. The van der Waals surface area contributed by atoms with E-state index >= 15 is 0 Å². The molecule has 0 bridgehead atoms. The number of nitrogens with zero attached hydrogens (tertiary/aromatic N) is 3. The molecule has 210 valence electrons. The standard InChI is InChI=1S/C27H28Cl2F3N3O4/c28-19-3-1-4-20(29)22(19)21(36)14-34(17-11-26(12-17)9-2-10-26)24(37)18-13-33-35(23(18)27(30,31)32)16-7-5-15(6-8-16)25(38)39/h1,3-4,13,15-17H,2,5-12,14H2,(H,38,39)/t15-,16+. The van der Waals surface area contributed by atoms with Gasteiger partial charge in [-0.2, -0.15) is 18.3 Å². The van der Waals surface area contributed by atoms with Crippen LogP contribution in [0.1, 0.15) is 90.2 Å². The first-order valence-corrected chi connectivity index (χ1v) is 13.8. The first-order valence-electron chi connectivity index (χ1n) is 13.1. The van der Waals surface area contributed by atoms with Crippen molar-refractivity contribution in [1.82, 2.24) is 14.7 Å². The lowest BCUT2D eigenvalue weighted by molar-refractivity contribution is -0.147. The molecule has 3 saturated carbocycles. The summed E-state index contributed by atoms with van der Waals surface area (Å²) in [5.74, 6) is -3.04. The van der Waals surface area contributed by atoms with E-state index in [4.69, 9.17) is 23.2 Å². The number of Topliss-reactive ketones (excluding diaryl/α,β-unsaturated/α-hetero) is 1. The summed E-state index contributed by atoms with van der Waals surface area (Å²) in [6.45, 7) is -0.463. The number of carbonyl (C=O) groups is 3. The van der Waals surface area contributed by atoms with Crippen molar-refractivity contribution in [3.8, 4) is 0 Å². The molecule has 0 radical (unpaired) electrons. The van der Waals surface area contributed by atoms with Crippen LogP contribution in [-0.2, 0) is 11.0 Å². The molecule has 39 heavy (non-hydrogen) atoms. The molecule has 1 aromatic heterocycles. The van der Waals surface area contributed by atoms with Crippen molar-refractivity contribution in [3.63, 3.8) is 0 Å². The second kappa shape index (κ2) is 10.4. The van der Waals surface area contributed by atoms with Crippen LogP contribution in [0.25, 0.3) is 0 Å². The molecule has 1 aromatic carbocycles. The topological polar surface area (TPSA) is 92.5 Å². The Morgan fingerprint density at radius 1 is 1.08 bits per heavy atom. The lowest BCUT2D eigenvalue weighted by atomic mass is 9.53. The number of hydrogen-bond acceptors (Lipinski definition) is 4. The number of halogens is 5. The number of aromatic nitrogens is 2. The molecule has 0 unspecified atom stereocenters. The van der Waals surface area contributed by atoms with Gasteiger partial charge >= 0.3 is 12.1 Å². The van der Waals surface area contributed by atoms with E-state index in [0.717, 1.165) is 30.1 Å². The Balaban J connectivity index is 1.45. The second-order valence-electron chi connectivity index (χ2n) is 11.1. The van der Waals surface area contributed by atoms with Crippen LogP contribution in [0.15, 0.2) is 24.4 Å². The number of alkyl halides is 3. The first-order chi connectivity index (χ1) is 18.4. The van der Waals surface area contributed by atoms with E-state index in [1.807, 2.05) is 0 Å². The van der Waals surface area contributed by atoms with Gasteiger partial charge in [-0.05, 0) is 68.9 Å². The lowest BCUT2D eigenvalue weighted by Gasteiger charge is -2.57. The molecule has 2 aromatic rings. The summed E-state index contributed by atoms with van der Waals surface area (Å²) in [7, 11) is 0. The second-order valence-corrected chi connectivity index (χ2v) is 11.9. The summed E-state index contributed by atoms with van der Waals surface area (Å²) < 4.78 is 44.1. The number of ketones is 1. The fourth-order valence-electron chi connectivity index (χ4n) is 6.41. The number of hydrogen-bond donors (Lipinski definition) is 1. The maximum Gasteiger partial charge on any atom is 0.433 e. The maximum atomic E-state index is 14.4. The molecule has 0 aliphatic heterocycles. The Kier molecular flexibility index (Phi) is 7.47. The number of benzene rings is 1. The van der Waals surface area contributed by atoms with Crippen LogP contribution < -0.4 is 0 Å². The van der Waals surface area contributed by atoms with Crippen molar-refractivity contribution in [2.75, 3.05) is 6.54 Å². The minimum atomic E-state index is -4.89. The van der Waals surface area contributed by atoms with Gasteiger partial charge in [0.25, 0.3) is 5.91 Å². The third kappa shape index (κ3) is 5.29. The quantitative estimate of drug-likeness (QED) is 0.366. The van der Waals surface area contributed by atoms with Crippen LogP contribution in [0, 0.1) is 11.3 Å². The van der Waals surface area contributed by atoms with Crippen LogP contribution in [0.5, 0.6) is 0 Å². The van der Waals surface area contributed by atoms with Crippen molar-refractivity contribution >= 4 is 40.9 Å². The van der Waals surface area contributed by atoms with E-state index in [1.54, 1.807) is 6.07 Å². The molecule has 12 heteroatoms. The Labute approximate surface area is 233 Å². The zero-order chi connectivity index (χ0) is 28.1. The number of aliphatic carboxylic acids is 1. The predicted octanol–water partition coefficient (Wildman–Crippen LogP) is 6.68. The minimum absolute atomic E-state index is 0.0262. The lowest BCUT2D eigenvalue weighted by Crippen LogP contribution is -2.56. The monoisotopic (exact) mass is 585 g/mol. The highest BCUT2D eigenvalue weighted by Gasteiger charge is 2.52. The molecule has 1 N–H and O–H groups in total. The van der Waals surface area contributed by atoms with E-state index in [1.165, 1.54) is 17.0 Å². The molecule has 5 rings (SSSR count). The van der Waals surface area contributed by atoms with Crippen molar-refractivity contribution in [2.45, 2.75) is 76.0 Å². The van der Waals surface area contributed by atoms with Gasteiger partial charge in [0.15, 0.2) is 11.5 Å². The van der Waals surface area contributed by atoms with Crippen LogP contribution in [0.4, 0.5) is 13.2 Å². The largest absolute Gasteiger partial charge is 0.481 e.